The van der Waals surface area contributed by atoms with Crippen LogP contribution >= 0.6 is 0 Å². The predicted octanol–water partition coefficient (Wildman–Crippen LogP) is 1.11. The fourth-order valence-corrected chi connectivity index (χ4v) is 1.62. The average Bonchev–Trinajstić information content (AvgIpc) is 2.21. The summed E-state index contributed by atoms with van der Waals surface area (Å²) in [5.74, 6) is -2.77. The van der Waals surface area contributed by atoms with Gasteiger partial charge in [0.25, 0.3) is 0 Å². The summed E-state index contributed by atoms with van der Waals surface area (Å²) in [6.45, 7) is 0.840. The van der Waals surface area contributed by atoms with Gasteiger partial charge in [0, 0.05) is 12.1 Å². The molecule has 0 aromatic heterocycles. The molecule has 0 fully saturated rings. The number of nitrogens with zero attached hydrogens (tertiary/aromatic N) is 1. The van der Waals surface area contributed by atoms with Gasteiger partial charge in [-0.3, -0.25) is 14.5 Å². The lowest BCUT2D eigenvalue weighted by Crippen LogP contribution is -2.34. The van der Waals surface area contributed by atoms with Crippen molar-refractivity contribution in [3.05, 3.63) is 35.1 Å². The van der Waals surface area contributed by atoms with Crippen molar-refractivity contribution in [1.29, 1.82) is 0 Å². The molecule has 0 radical (unpaired) electrons. The largest absolute Gasteiger partial charge is 0.480 e. The molecule has 0 saturated carbocycles. The molecule has 1 aromatic rings. The van der Waals surface area contributed by atoms with Crippen LogP contribution < -0.4 is 0 Å². The zero-order chi connectivity index (χ0) is 13.7. The third-order valence-corrected chi connectivity index (χ3v) is 2.31. The molecule has 6 heteroatoms. The van der Waals surface area contributed by atoms with Crippen molar-refractivity contribution >= 4 is 11.9 Å². The Morgan fingerprint density at radius 3 is 2.28 bits per heavy atom. The zero-order valence-corrected chi connectivity index (χ0v) is 9.89. The number of aliphatic carboxylic acids is 2. The van der Waals surface area contributed by atoms with Gasteiger partial charge >= 0.3 is 11.9 Å². The van der Waals surface area contributed by atoms with Gasteiger partial charge in [-0.05, 0) is 13.0 Å². The normalized spacial score (nSPS) is 10.6. The summed E-state index contributed by atoms with van der Waals surface area (Å²) in [7, 11) is 0. The summed E-state index contributed by atoms with van der Waals surface area (Å²) in [5, 5.41) is 17.3. The monoisotopic (exact) mass is 255 g/mol. The van der Waals surface area contributed by atoms with E-state index < -0.39 is 30.8 Å². The maximum Gasteiger partial charge on any atom is 0.317 e. The van der Waals surface area contributed by atoms with Crippen LogP contribution in [0.25, 0.3) is 0 Å². The minimum atomic E-state index is -1.15. The summed E-state index contributed by atoms with van der Waals surface area (Å²) in [6.07, 6.45) is 0. The number of aryl methyl sites for hydroxylation is 1. The molecule has 2 N–H and O–H groups in total. The van der Waals surface area contributed by atoms with E-state index in [2.05, 4.69) is 0 Å². The number of carboxylic acid groups (broad SMARTS) is 2. The molecule has 18 heavy (non-hydrogen) atoms. The molecule has 0 atom stereocenters. The van der Waals surface area contributed by atoms with Crippen molar-refractivity contribution in [2.24, 2.45) is 0 Å². The molecule has 98 valence electrons. The summed E-state index contributed by atoms with van der Waals surface area (Å²) in [6, 6.07) is 4.45. The Kier molecular flexibility index (Phi) is 4.79. The van der Waals surface area contributed by atoms with E-state index in [9.17, 15) is 14.0 Å². The summed E-state index contributed by atoms with van der Waals surface area (Å²) >= 11 is 0. The van der Waals surface area contributed by atoms with E-state index in [-0.39, 0.29) is 12.1 Å². The van der Waals surface area contributed by atoms with Crippen molar-refractivity contribution in [1.82, 2.24) is 4.90 Å². The molecule has 0 aliphatic rings. The molecule has 0 unspecified atom stereocenters. The highest BCUT2D eigenvalue weighted by Gasteiger charge is 2.15. The quantitative estimate of drug-likeness (QED) is 0.796. The standard InChI is InChI=1S/C12H14FNO4/c1-8-2-3-10(13)9(4-8)5-14(6-11(15)16)7-12(17)18/h2-4H,5-7H2,1H3,(H,15,16)(H,17,18). The van der Waals surface area contributed by atoms with Crippen LogP contribution in [0.15, 0.2) is 18.2 Å². The molecule has 0 saturated heterocycles. The Hall–Kier alpha value is -1.95. The predicted molar refractivity (Wildman–Crippen MR) is 61.7 cm³/mol. The molecule has 1 aromatic carbocycles. The van der Waals surface area contributed by atoms with Gasteiger partial charge in [0.1, 0.15) is 5.82 Å². The fourth-order valence-electron chi connectivity index (χ4n) is 1.62. The van der Waals surface area contributed by atoms with E-state index in [1.54, 1.807) is 19.1 Å². The first kappa shape index (κ1) is 14.1. The van der Waals surface area contributed by atoms with Crippen molar-refractivity contribution < 1.29 is 24.2 Å². The molecule has 0 aliphatic carbocycles. The molecule has 0 heterocycles. The minimum absolute atomic E-state index is 0.0495. The highest BCUT2D eigenvalue weighted by molar-refractivity contribution is 5.72. The van der Waals surface area contributed by atoms with Crippen LogP contribution in [-0.2, 0) is 16.1 Å². The van der Waals surface area contributed by atoms with Crippen molar-refractivity contribution in [2.75, 3.05) is 13.1 Å². The summed E-state index contributed by atoms with van der Waals surface area (Å²) < 4.78 is 13.5. The number of carbonyl (C=O) groups is 2. The smallest absolute Gasteiger partial charge is 0.317 e. The van der Waals surface area contributed by atoms with Crippen molar-refractivity contribution in [2.45, 2.75) is 13.5 Å². The van der Waals surface area contributed by atoms with Crippen molar-refractivity contribution in [3.63, 3.8) is 0 Å². The summed E-state index contributed by atoms with van der Waals surface area (Å²) in [5.41, 5.74) is 1.12. The molecular formula is C12H14FNO4. The van der Waals surface area contributed by atoms with Crippen LogP contribution in [0.1, 0.15) is 11.1 Å². The summed E-state index contributed by atoms with van der Waals surface area (Å²) in [4.78, 5) is 22.4. The van der Waals surface area contributed by atoms with Gasteiger partial charge in [-0.25, -0.2) is 4.39 Å². The Labute approximate surface area is 103 Å². The number of halogens is 1. The van der Waals surface area contributed by atoms with Crippen LogP contribution in [0.4, 0.5) is 4.39 Å². The Morgan fingerprint density at radius 1 is 1.22 bits per heavy atom. The van der Waals surface area contributed by atoms with Crippen LogP contribution in [0.3, 0.4) is 0 Å². The second kappa shape index (κ2) is 6.11. The van der Waals surface area contributed by atoms with Gasteiger partial charge in [0.15, 0.2) is 0 Å². The third-order valence-electron chi connectivity index (χ3n) is 2.31. The molecular weight excluding hydrogens is 241 g/mol. The van der Waals surface area contributed by atoms with E-state index in [0.29, 0.717) is 0 Å². The van der Waals surface area contributed by atoms with Gasteiger partial charge in [-0.2, -0.15) is 0 Å². The molecule has 0 amide bonds. The highest BCUT2D eigenvalue weighted by Crippen LogP contribution is 2.12. The van der Waals surface area contributed by atoms with Gasteiger partial charge in [-0.1, -0.05) is 17.7 Å². The number of carboxylic acids is 2. The molecule has 0 spiro atoms. The Morgan fingerprint density at radius 2 is 1.78 bits per heavy atom. The SMILES string of the molecule is Cc1ccc(F)c(CN(CC(=O)O)CC(=O)O)c1. The average molecular weight is 255 g/mol. The first-order valence-corrected chi connectivity index (χ1v) is 5.29. The Bertz CT molecular complexity index is 445. The topological polar surface area (TPSA) is 77.8 Å². The lowest BCUT2D eigenvalue weighted by atomic mass is 10.1. The molecule has 5 nitrogen and oxygen atoms in total. The van der Waals surface area contributed by atoms with E-state index in [1.165, 1.54) is 6.07 Å². The van der Waals surface area contributed by atoms with E-state index in [4.69, 9.17) is 10.2 Å². The number of hydrogen-bond acceptors (Lipinski definition) is 3. The molecule has 0 bridgehead atoms. The van der Waals surface area contributed by atoms with Crippen LogP contribution in [0, 0.1) is 12.7 Å². The maximum atomic E-state index is 13.5. The lowest BCUT2D eigenvalue weighted by molar-refractivity contribution is -0.142. The fraction of sp³-hybridized carbons (Fsp3) is 0.333. The number of benzene rings is 1. The van der Waals surface area contributed by atoms with Crippen molar-refractivity contribution in [3.8, 4) is 0 Å². The Balaban J connectivity index is 2.84. The minimum Gasteiger partial charge on any atom is -0.480 e. The van der Waals surface area contributed by atoms with Crippen LogP contribution in [-0.4, -0.2) is 40.1 Å². The first-order chi connectivity index (χ1) is 8.38. The number of hydrogen-bond donors (Lipinski definition) is 2. The highest BCUT2D eigenvalue weighted by atomic mass is 19.1. The molecule has 0 aliphatic heterocycles. The lowest BCUT2D eigenvalue weighted by Gasteiger charge is -2.18. The first-order valence-electron chi connectivity index (χ1n) is 5.29. The van der Waals surface area contributed by atoms with Gasteiger partial charge in [-0.15, -0.1) is 0 Å². The third kappa shape index (κ3) is 4.50. The van der Waals surface area contributed by atoms with E-state index in [1.807, 2.05) is 0 Å². The van der Waals surface area contributed by atoms with Gasteiger partial charge in [0.05, 0.1) is 13.1 Å². The van der Waals surface area contributed by atoms with E-state index >= 15 is 0 Å². The zero-order valence-electron chi connectivity index (χ0n) is 9.89. The second-order valence-corrected chi connectivity index (χ2v) is 4.03. The van der Waals surface area contributed by atoms with Crippen LogP contribution in [0.2, 0.25) is 0 Å². The van der Waals surface area contributed by atoms with Crippen LogP contribution in [0.5, 0.6) is 0 Å². The van der Waals surface area contributed by atoms with Gasteiger partial charge < -0.3 is 10.2 Å². The molecule has 1 rings (SSSR count). The van der Waals surface area contributed by atoms with Gasteiger partial charge in [0.2, 0.25) is 0 Å². The second-order valence-electron chi connectivity index (χ2n) is 4.03. The van der Waals surface area contributed by atoms with E-state index in [0.717, 1.165) is 10.5 Å². The maximum absolute atomic E-state index is 13.5. The number of rotatable bonds is 6.